The molecule has 0 aliphatic heterocycles. The van der Waals surface area contributed by atoms with E-state index in [1.807, 2.05) is 0 Å². The first kappa shape index (κ1) is 16.7. The molecule has 0 nitrogen and oxygen atoms in total. The van der Waals surface area contributed by atoms with Crippen LogP contribution >= 0.6 is 0 Å². The summed E-state index contributed by atoms with van der Waals surface area (Å²) >= 11 is 0. The zero-order valence-corrected chi connectivity index (χ0v) is 14.3. The van der Waals surface area contributed by atoms with Crippen molar-refractivity contribution in [1.82, 2.24) is 0 Å². The second kappa shape index (κ2) is 8.60. The molecule has 2 rings (SSSR count). The Kier molecular flexibility index (Phi) is 11.1. The van der Waals surface area contributed by atoms with E-state index in [4.69, 9.17) is 0 Å². The molecule has 0 aromatic rings. The summed E-state index contributed by atoms with van der Waals surface area (Å²) in [7, 11) is 0. The number of halogens is 2. The van der Waals surface area contributed by atoms with Crippen molar-refractivity contribution in [3.05, 3.63) is 23.8 Å². The average molecular weight is 472 g/mol. The van der Waals surface area contributed by atoms with Crippen molar-refractivity contribution >= 4 is 0 Å². The van der Waals surface area contributed by atoms with Gasteiger partial charge in [0, 0.05) is 25.8 Å². The van der Waals surface area contributed by atoms with Crippen molar-refractivity contribution in [2.75, 3.05) is 0 Å². The van der Waals surface area contributed by atoms with E-state index < -0.39 is 0 Å². The number of hydrogen-bond donors (Lipinski definition) is 0. The fraction of sp³-hybridized carbons (Fsp3) is 0.600. The molecule has 0 spiro atoms. The third kappa shape index (κ3) is 4.57. The van der Waals surface area contributed by atoms with Crippen LogP contribution in [0, 0.1) is 12.0 Å². The Hall–Kier alpha value is 1.31. The van der Waals surface area contributed by atoms with Crippen molar-refractivity contribution in [1.29, 1.82) is 0 Å². The summed E-state index contributed by atoms with van der Waals surface area (Å²) in [5, 5.41) is 0. The van der Waals surface area contributed by atoms with Gasteiger partial charge in [-0.25, -0.2) is 11.6 Å². The van der Waals surface area contributed by atoms with E-state index in [1.165, 1.54) is 31.3 Å². The van der Waals surface area contributed by atoms with Crippen LogP contribution in [0.25, 0.3) is 0 Å². The summed E-state index contributed by atoms with van der Waals surface area (Å²) < 4.78 is 0. The Morgan fingerprint density at radius 3 is 2.23 bits per heavy atom. The van der Waals surface area contributed by atoms with Gasteiger partial charge in [0.2, 0.25) is 0 Å². The maximum atomic E-state index is 3.40. The summed E-state index contributed by atoms with van der Waals surface area (Å²) in [6.45, 7) is 0. The van der Waals surface area contributed by atoms with Gasteiger partial charge in [-0.05, 0) is 18.8 Å². The van der Waals surface area contributed by atoms with Gasteiger partial charge in [-0.3, -0.25) is 6.08 Å². The minimum absolute atomic E-state index is 0. The standard InChI is InChI=1S/C10H13.2BrH.Hf/c1-2-6-9(5-1)10-7-3-4-8-10;;;/h1,5,10H,2-4,7-8H2;2*1H;/q-1;;;/p-2. The van der Waals surface area contributed by atoms with Gasteiger partial charge in [0.25, 0.3) is 0 Å². The van der Waals surface area contributed by atoms with Crippen LogP contribution < -0.4 is 34.0 Å². The number of rotatable bonds is 1. The van der Waals surface area contributed by atoms with Crippen molar-refractivity contribution in [3.63, 3.8) is 0 Å². The van der Waals surface area contributed by atoms with E-state index in [-0.39, 0.29) is 59.8 Å². The normalized spacial score (nSPS) is 19.8. The topological polar surface area (TPSA) is 0 Å². The molecule has 13 heavy (non-hydrogen) atoms. The monoisotopic (exact) mass is 471 g/mol. The first-order chi connectivity index (χ1) is 4.97. The Bertz CT molecular complexity index is 181. The van der Waals surface area contributed by atoms with E-state index >= 15 is 0 Å². The van der Waals surface area contributed by atoms with Crippen LogP contribution in [0.2, 0.25) is 0 Å². The SMILES string of the molecule is [Br-].[Br-].[C-]1=C(C2CCCC2)C=CC1.[Hf]. The van der Waals surface area contributed by atoms with Gasteiger partial charge in [0.15, 0.2) is 0 Å². The van der Waals surface area contributed by atoms with Crippen molar-refractivity contribution < 1.29 is 59.8 Å². The van der Waals surface area contributed by atoms with Gasteiger partial charge < -0.3 is 34.0 Å². The minimum Gasteiger partial charge on any atom is -1.00 e. The molecule has 0 aromatic heterocycles. The van der Waals surface area contributed by atoms with Crippen LogP contribution in [-0.4, -0.2) is 0 Å². The summed E-state index contributed by atoms with van der Waals surface area (Å²) in [6, 6.07) is 0. The largest absolute Gasteiger partial charge is 1.00 e. The molecular weight excluding hydrogens is 458 g/mol. The van der Waals surface area contributed by atoms with Crippen LogP contribution in [-0.2, 0) is 25.8 Å². The molecule has 0 N–H and O–H groups in total. The van der Waals surface area contributed by atoms with Crippen LogP contribution in [0.15, 0.2) is 17.7 Å². The zero-order valence-electron chi connectivity index (χ0n) is 7.52. The van der Waals surface area contributed by atoms with Crippen LogP contribution in [0.3, 0.4) is 0 Å². The quantitative estimate of drug-likeness (QED) is 0.281. The Morgan fingerprint density at radius 1 is 1.15 bits per heavy atom. The Labute approximate surface area is 121 Å². The van der Waals surface area contributed by atoms with E-state index in [1.54, 1.807) is 0 Å². The molecule has 0 heterocycles. The second-order valence-corrected chi connectivity index (χ2v) is 3.22. The first-order valence-corrected chi connectivity index (χ1v) is 4.24. The van der Waals surface area contributed by atoms with Gasteiger partial charge in [-0.2, -0.15) is 6.08 Å². The van der Waals surface area contributed by atoms with Crippen molar-refractivity contribution in [2.45, 2.75) is 32.1 Å². The fourth-order valence-corrected chi connectivity index (χ4v) is 1.94. The predicted octanol–water partition coefficient (Wildman–Crippen LogP) is -3.13. The number of hydrogen-bond acceptors (Lipinski definition) is 0. The molecule has 2 aliphatic rings. The zero-order chi connectivity index (χ0) is 6.81. The molecule has 0 saturated heterocycles. The van der Waals surface area contributed by atoms with E-state index in [9.17, 15) is 0 Å². The average Bonchev–Trinajstić information content (AvgIpc) is 2.59. The van der Waals surface area contributed by atoms with Crippen LogP contribution in [0.5, 0.6) is 0 Å². The smallest absolute Gasteiger partial charge is 0 e. The minimum atomic E-state index is 0. The predicted molar refractivity (Wildman–Crippen MR) is 42.5 cm³/mol. The molecule has 0 radical (unpaired) electrons. The molecule has 74 valence electrons. The van der Waals surface area contributed by atoms with Gasteiger partial charge in [0.05, 0.1) is 0 Å². The molecule has 3 heteroatoms. The Morgan fingerprint density at radius 2 is 1.77 bits per heavy atom. The molecule has 0 aromatic carbocycles. The molecule has 0 atom stereocenters. The maximum Gasteiger partial charge on any atom is 0 e. The maximum absolute atomic E-state index is 3.40. The Balaban J connectivity index is 0. The summed E-state index contributed by atoms with van der Waals surface area (Å²) in [5.74, 6) is 0.874. The molecule has 0 bridgehead atoms. The van der Waals surface area contributed by atoms with Crippen molar-refractivity contribution in [2.24, 2.45) is 5.92 Å². The van der Waals surface area contributed by atoms with E-state index in [0.717, 1.165) is 12.3 Å². The third-order valence-electron chi connectivity index (χ3n) is 2.52. The molecule has 0 amide bonds. The molecule has 1 fully saturated rings. The molecule has 1 saturated carbocycles. The summed E-state index contributed by atoms with van der Waals surface area (Å²) in [4.78, 5) is 0. The van der Waals surface area contributed by atoms with E-state index in [2.05, 4.69) is 18.2 Å². The van der Waals surface area contributed by atoms with Gasteiger partial charge >= 0.3 is 0 Å². The second-order valence-electron chi connectivity index (χ2n) is 3.22. The van der Waals surface area contributed by atoms with E-state index in [0.29, 0.717) is 0 Å². The first-order valence-electron chi connectivity index (χ1n) is 4.24. The molecule has 0 unspecified atom stereocenters. The summed E-state index contributed by atoms with van der Waals surface area (Å²) in [6.07, 6.45) is 14.6. The van der Waals surface area contributed by atoms with Gasteiger partial charge in [-0.15, -0.1) is 6.42 Å². The third-order valence-corrected chi connectivity index (χ3v) is 2.52. The summed E-state index contributed by atoms with van der Waals surface area (Å²) in [5.41, 5.74) is 1.50. The fourth-order valence-electron chi connectivity index (χ4n) is 1.94. The molecular formula is C10H13Br2Hf-3. The number of allylic oxidation sites excluding steroid dienone is 4. The van der Waals surface area contributed by atoms with Crippen molar-refractivity contribution in [3.8, 4) is 0 Å². The molecule has 2 aliphatic carbocycles. The van der Waals surface area contributed by atoms with Crippen LogP contribution in [0.1, 0.15) is 32.1 Å². The van der Waals surface area contributed by atoms with Gasteiger partial charge in [-0.1, -0.05) is 12.8 Å². The van der Waals surface area contributed by atoms with Crippen LogP contribution in [0.4, 0.5) is 0 Å². The van der Waals surface area contributed by atoms with Gasteiger partial charge in [0.1, 0.15) is 0 Å².